The number of carbonyl (C=O) groups excluding carboxylic acids is 1. The summed E-state index contributed by atoms with van der Waals surface area (Å²) in [5, 5.41) is 3.54. The summed E-state index contributed by atoms with van der Waals surface area (Å²) in [5.74, 6) is 0. The van der Waals surface area contributed by atoms with Gasteiger partial charge in [0.1, 0.15) is 5.60 Å². The third kappa shape index (κ3) is 3.22. The molecule has 1 spiro atoms. The van der Waals surface area contributed by atoms with Gasteiger partial charge in [0.2, 0.25) is 0 Å². The first-order valence-electron chi connectivity index (χ1n) is 7.60. The van der Waals surface area contributed by atoms with Crippen LogP contribution in [0.3, 0.4) is 0 Å². The average molecular weight is 268 g/mol. The molecule has 2 rings (SSSR count). The zero-order valence-electron chi connectivity index (χ0n) is 12.8. The van der Waals surface area contributed by atoms with Crippen molar-refractivity contribution in [2.45, 2.75) is 77.0 Å². The van der Waals surface area contributed by atoms with Crippen LogP contribution in [0.4, 0.5) is 4.79 Å². The van der Waals surface area contributed by atoms with Gasteiger partial charge in [-0.15, -0.1) is 0 Å². The third-order valence-electron chi connectivity index (χ3n) is 4.29. The van der Waals surface area contributed by atoms with Crippen molar-refractivity contribution < 1.29 is 9.53 Å². The van der Waals surface area contributed by atoms with Gasteiger partial charge in [0.05, 0.1) is 0 Å². The Balaban J connectivity index is 2.03. The fourth-order valence-corrected chi connectivity index (χ4v) is 3.32. The largest absolute Gasteiger partial charge is 0.444 e. The number of ether oxygens (including phenoxy) is 1. The topological polar surface area (TPSA) is 41.6 Å². The van der Waals surface area contributed by atoms with Gasteiger partial charge in [-0.25, -0.2) is 4.79 Å². The molecule has 4 heteroatoms. The zero-order chi connectivity index (χ0) is 14.1. The highest BCUT2D eigenvalue weighted by Gasteiger charge is 2.49. The van der Waals surface area contributed by atoms with Crippen LogP contribution in [0.5, 0.6) is 0 Å². The van der Waals surface area contributed by atoms with Gasteiger partial charge in [-0.1, -0.05) is 6.92 Å². The van der Waals surface area contributed by atoms with Gasteiger partial charge in [0.15, 0.2) is 0 Å². The summed E-state index contributed by atoms with van der Waals surface area (Å²) in [4.78, 5) is 14.4. The monoisotopic (exact) mass is 268 g/mol. The molecule has 19 heavy (non-hydrogen) atoms. The Morgan fingerprint density at radius 3 is 2.58 bits per heavy atom. The number of hydrogen-bond donors (Lipinski definition) is 1. The van der Waals surface area contributed by atoms with E-state index in [1.807, 2.05) is 25.7 Å². The SMILES string of the molecule is CCNC1CCN(C(=O)OC(C)(C)C)C2(CCC2)C1. The Bertz CT molecular complexity index is 332. The first-order chi connectivity index (χ1) is 8.86. The zero-order valence-corrected chi connectivity index (χ0v) is 12.8. The minimum absolute atomic E-state index is 0.0768. The van der Waals surface area contributed by atoms with Crippen LogP contribution in [0.2, 0.25) is 0 Å². The molecule has 1 aliphatic carbocycles. The minimum Gasteiger partial charge on any atom is -0.444 e. The number of hydrogen-bond acceptors (Lipinski definition) is 3. The summed E-state index contributed by atoms with van der Waals surface area (Å²) in [6, 6.07) is 0.559. The molecule has 0 bridgehead atoms. The van der Waals surface area contributed by atoms with E-state index in [1.54, 1.807) is 0 Å². The van der Waals surface area contributed by atoms with Crippen LogP contribution in [0, 0.1) is 0 Å². The van der Waals surface area contributed by atoms with Crippen molar-refractivity contribution in [3.8, 4) is 0 Å². The third-order valence-corrected chi connectivity index (χ3v) is 4.29. The molecule has 1 saturated carbocycles. The van der Waals surface area contributed by atoms with Gasteiger partial charge in [-0.2, -0.15) is 0 Å². The van der Waals surface area contributed by atoms with Crippen molar-refractivity contribution in [1.29, 1.82) is 0 Å². The molecule has 1 aliphatic heterocycles. The Morgan fingerprint density at radius 2 is 2.11 bits per heavy atom. The number of rotatable bonds is 2. The molecule has 1 unspecified atom stereocenters. The van der Waals surface area contributed by atoms with E-state index >= 15 is 0 Å². The maximum atomic E-state index is 12.4. The van der Waals surface area contributed by atoms with Gasteiger partial charge in [0.25, 0.3) is 0 Å². The second-order valence-electron chi connectivity index (χ2n) is 6.96. The fourth-order valence-electron chi connectivity index (χ4n) is 3.32. The number of amides is 1. The fraction of sp³-hybridized carbons (Fsp3) is 0.933. The van der Waals surface area contributed by atoms with Gasteiger partial charge in [-0.3, -0.25) is 0 Å². The van der Waals surface area contributed by atoms with E-state index in [1.165, 1.54) is 6.42 Å². The molecule has 1 amide bonds. The molecule has 110 valence electrons. The smallest absolute Gasteiger partial charge is 0.410 e. The van der Waals surface area contributed by atoms with Crippen LogP contribution in [0.1, 0.15) is 59.8 Å². The number of nitrogens with one attached hydrogen (secondary N) is 1. The predicted molar refractivity (Wildman–Crippen MR) is 76.2 cm³/mol. The molecule has 4 nitrogen and oxygen atoms in total. The van der Waals surface area contributed by atoms with Crippen molar-refractivity contribution in [3.63, 3.8) is 0 Å². The Labute approximate surface area is 116 Å². The number of piperidine rings is 1. The van der Waals surface area contributed by atoms with Crippen LogP contribution in [0.25, 0.3) is 0 Å². The number of nitrogens with zero attached hydrogens (tertiary/aromatic N) is 1. The summed E-state index contributed by atoms with van der Waals surface area (Å²) >= 11 is 0. The van der Waals surface area contributed by atoms with Gasteiger partial charge in [0, 0.05) is 18.1 Å². The molecule has 1 saturated heterocycles. The van der Waals surface area contributed by atoms with Crippen molar-refractivity contribution in [2.24, 2.45) is 0 Å². The van der Waals surface area contributed by atoms with Crippen LogP contribution >= 0.6 is 0 Å². The molecular formula is C15H28N2O2. The number of likely N-dealkylation sites (tertiary alicyclic amines) is 1. The molecule has 0 aromatic heterocycles. The molecule has 2 fully saturated rings. The highest BCUT2D eigenvalue weighted by molar-refractivity contribution is 5.69. The summed E-state index contributed by atoms with van der Waals surface area (Å²) < 4.78 is 5.57. The van der Waals surface area contributed by atoms with E-state index in [4.69, 9.17) is 4.74 Å². The van der Waals surface area contributed by atoms with E-state index in [0.29, 0.717) is 6.04 Å². The second-order valence-corrected chi connectivity index (χ2v) is 6.96. The van der Waals surface area contributed by atoms with E-state index in [-0.39, 0.29) is 11.6 Å². The summed E-state index contributed by atoms with van der Waals surface area (Å²) in [5.41, 5.74) is -0.325. The van der Waals surface area contributed by atoms with Crippen molar-refractivity contribution >= 4 is 6.09 Å². The first-order valence-corrected chi connectivity index (χ1v) is 7.60. The molecule has 2 aliphatic rings. The molecular weight excluding hydrogens is 240 g/mol. The van der Waals surface area contributed by atoms with Crippen LogP contribution in [-0.2, 0) is 4.74 Å². The normalized spacial score (nSPS) is 26.1. The average Bonchev–Trinajstić information content (AvgIpc) is 2.24. The lowest BCUT2D eigenvalue weighted by Crippen LogP contribution is -2.63. The maximum Gasteiger partial charge on any atom is 0.410 e. The molecule has 0 aromatic carbocycles. The van der Waals surface area contributed by atoms with Crippen molar-refractivity contribution in [3.05, 3.63) is 0 Å². The molecule has 1 atom stereocenters. The molecule has 1 heterocycles. The van der Waals surface area contributed by atoms with Crippen LogP contribution in [-0.4, -0.2) is 41.3 Å². The number of carbonyl (C=O) groups is 1. The Morgan fingerprint density at radius 1 is 1.42 bits per heavy atom. The lowest BCUT2D eigenvalue weighted by Gasteiger charge is -2.54. The summed E-state index contributed by atoms with van der Waals surface area (Å²) in [7, 11) is 0. The van der Waals surface area contributed by atoms with E-state index in [0.717, 1.165) is 38.8 Å². The maximum absolute atomic E-state index is 12.4. The quantitative estimate of drug-likeness (QED) is 0.837. The predicted octanol–water partition coefficient (Wildman–Crippen LogP) is 2.92. The summed E-state index contributed by atoms with van der Waals surface area (Å²) in [6.45, 7) is 9.78. The van der Waals surface area contributed by atoms with E-state index < -0.39 is 5.60 Å². The summed E-state index contributed by atoms with van der Waals surface area (Å²) in [6.07, 6.45) is 5.50. The van der Waals surface area contributed by atoms with E-state index in [9.17, 15) is 4.79 Å². The second kappa shape index (κ2) is 5.31. The van der Waals surface area contributed by atoms with Crippen molar-refractivity contribution in [1.82, 2.24) is 10.2 Å². The van der Waals surface area contributed by atoms with Gasteiger partial charge in [-0.05, 0) is 59.4 Å². The minimum atomic E-state index is -0.402. The van der Waals surface area contributed by atoms with Gasteiger partial charge < -0.3 is 15.0 Å². The van der Waals surface area contributed by atoms with Crippen molar-refractivity contribution in [2.75, 3.05) is 13.1 Å². The first kappa shape index (κ1) is 14.6. The highest BCUT2D eigenvalue weighted by atomic mass is 16.6. The molecule has 0 radical (unpaired) electrons. The van der Waals surface area contributed by atoms with Gasteiger partial charge >= 0.3 is 6.09 Å². The van der Waals surface area contributed by atoms with Crippen LogP contribution < -0.4 is 5.32 Å². The Kier molecular flexibility index (Phi) is 4.09. The lowest BCUT2D eigenvalue weighted by atomic mass is 9.69. The van der Waals surface area contributed by atoms with Crippen LogP contribution in [0.15, 0.2) is 0 Å². The highest BCUT2D eigenvalue weighted by Crippen LogP contribution is 2.44. The standard InChI is InChI=1S/C15H28N2O2/c1-5-16-12-7-10-17(13(18)19-14(2,3)4)15(11-12)8-6-9-15/h12,16H,5-11H2,1-4H3. The molecule has 1 N–H and O–H groups in total. The lowest BCUT2D eigenvalue weighted by molar-refractivity contribution is -0.0491. The van der Waals surface area contributed by atoms with E-state index in [2.05, 4.69) is 12.2 Å². The molecule has 0 aromatic rings. The Hall–Kier alpha value is -0.770.